The quantitative estimate of drug-likeness (QED) is 0.728. The van der Waals surface area contributed by atoms with Crippen molar-refractivity contribution < 1.29 is 0 Å². The maximum atomic E-state index is 2.62. The van der Waals surface area contributed by atoms with Gasteiger partial charge in [-0.25, -0.2) is 0 Å². The minimum Gasteiger partial charge on any atom is -0.300 e. The smallest absolute Gasteiger partial charge is 0.00645 e. The van der Waals surface area contributed by atoms with E-state index in [1.807, 2.05) is 0 Å². The molecule has 1 aromatic rings. The van der Waals surface area contributed by atoms with Gasteiger partial charge in [-0.15, -0.1) is 0 Å². The standard InChI is InChI=1S/C14H21N/c1-3-12(2)15-10-9-14(11-15)13-7-5-4-6-8-13/h4-8,12,14H,3,9-11H2,1-2H3. The van der Waals surface area contributed by atoms with E-state index in [2.05, 4.69) is 49.1 Å². The molecule has 15 heavy (non-hydrogen) atoms. The summed E-state index contributed by atoms with van der Waals surface area (Å²) in [5, 5.41) is 0. The molecule has 0 bridgehead atoms. The fraction of sp³-hybridized carbons (Fsp3) is 0.571. The van der Waals surface area contributed by atoms with Gasteiger partial charge in [-0.2, -0.15) is 0 Å². The average molecular weight is 203 g/mol. The van der Waals surface area contributed by atoms with Gasteiger partial charge < -0.3 is 4.90 Å². The maximum absolute atomic E-state index is 2.62. The molecule has 1 heterocycles. The van der Waals surface area contributed by atoms with Crippen LogP contribution in [0.15, 0.2) is 30.3 Å². The third kappa shape index (κ3) is 2.40. The average Bonchev–Trinajstić information content (AvgIpc) is 2.78. The van der Waals surface area contributed by atoms with Crippen LogP contribution in [-0.4, -0.2) is 24.0 Å². The Morgan fingerprint density at radius 2 is 2.07 bits per heavy atom. The van der Waals surface area contributed by atoms with Crippen LogP contribution in [0, 0.1) is 0 Å². The predicted octanol–water partition coefficient (Wildman–Crippen LogP) is 3.27. The molecule has 0 spiro atoms. The lowest BCUT2D eigenvalue weighted by Crippen LogP contribution is -2.29. The SMILES string of the molecule is CCC(C)N1CCC(c2ccccc2)C1. The van der Waals surface area contributed by atoms with Crippen LogP contribution in [0.1, 0.15) is 38.2 Å². The highest BCUT2D eigenvalue weighted by molar-refractivity contribution is 5.21. The van der Waals surface area contributed by atoms with Crippen molar-refractivity contribution in [2.45, 2.75) is 38.6 Å². The van der Waals surface area contributed by atoms with Gasteiger partial charge >= 0.3 is 0 Å². The summed E-state index contributed by atoms with van der Waals surface area (Å²) in [5.74, 6) is 0.764. The molecule has 1 aromatic carbocycles. The molecule has 1 nitrogen and oxygen atoms in total. The lowest BCUT2D eigenvalue weighted by molar-refractivity contribution is 0.250. The number of hydrogen-bond donors (Lipinski definition) is 0. The Labute approximate surface area is 93.1 Å². The highest BCUT2D eigenvalue weighted by Crippen LogP contribution is 2.28. The summed E-state index contributed by atoms with van der Waals surface area (Å²) in [5.41, 5.74) is 1.52. The number of hydrogen-bond acceptors (Lipinski definition) is 1. The summed E-state index contributed by atoms with van der Waals surface area (Å²) < 4.78 is 0. The first-order valence-corrected chi connectivity index (χ1v) is 6.10. The van der Waals surface area contributed by atoms with Crippen molar-refractivity contribution >= 4 is 0 Å². The van der Waals surface area contributed by atoms with E-state index in [9.17, 15) is 0 Å². The van der Waals surface area contributed by atoms with Crippen LogP contribution in [0.2, 0.25) is 0 Å². The van der Waals surface area contributed by atoms with Crippen molar-refractivity contribution in [2.75, 3.05) is 13.1 Å². The van der Waals surface area contributed by atoms with Gasteiger partial charge in [0.2, 0.25) is 0 Å². The third-order valence-corrected chi connectivity index (χ3v) is 3.70. The third-order valence-electron chi connectivity index (χ3n) is 3.70. The summed E-state index contributed by atoms with van der Waals surface area (Å²) in [4.78, 5) is 2.62. The van der Waals surface area contributed by atoms with Crippen LogP contribution in [0.3, 0.4) is 0 Å². The van der Waals surface area contributed by atoms with Crippen LogP contribution in [0.4, 0.5) is 0 Å². The minimum atomic E-state index is 0.749. The predicted molar refractivity (Wildman–Crippen MR) is 65.1 cm³/mol. The van der Waals surface area contributed by atoms with Gasteiger partial charge in [0.05, 0.1) is 0 Å². The molecule has 1 aliphatic rings. The van der Waals surface area contributed by atoms with Crippen molar-refractivity contribution in [2.24, 2.45) is 0 Å². The first-order valence-electron chi connectivity index (χ1n) is 6.10. The molecule has 0 aromatic heterocycles. The summed E-state index contributed by atoms with van der Waals surface area (Å²) in [6.07, 6.45) is 2.59. The van der Waals surface area contributed by atoms with Crippen molar-refractivity contribution in [1.82, 2.24) is 4.90 Å². The first-order chi connectivity index (χ1) is 7.31. The second-order valence-electron chi connectivity index (χ2n) is 4.65. The molecular weight excluding hydrogens is 182 g/mol. The molecule has 1 saturated heterocycles. The van der Waals surface area contributed by atoms with Gasteiger partial charge in [0.15, 0.2) is 0 Å². The van der Waals surface area contributed by atoms with Crippen molar-refractivity contribution in [3.63, 3.8) is 0 Å². The second-order valence-corrected chi connectivity index (χ2v) is 4.65. The Morgan fingerprint density at radius 1 is 1.33 bits per heavy atom. The van der Waals surface area contributed by atoms with E-state index >= 15 is 0 Å². The lowest BCUT2D eigenvalue weighted by Gasteiger charge is -2.22. The molecule has 0 N–H and O–H groups in total. The molecule has 82 valence electrons. The highest BCUT2D eigenvalue weighted by atomic mass is 15.2. The number of nitrogens with zero attached hydrogens (tertiary/aromatic N) is 1. The van der Waals surface area contributed by atoms with Crippen LogP contribution in [0.5, 0.6) is 0 Å². The van der Waals surface area contributed by atoms with E-state index in [4.69, 9.17) is 0 Å². The van der Waals surface area contributed by atoms with E-state index in [0.29, 0.717) is 0 Å². The molecule has 2 unspecified atom stereocenters. The fourth-order valence-electron chi connectivity index (χ4n) is 2.44. The normalized spacial score (nSPS) is 24.3. The maximum Gasteiger partial charge on any atom is 0.00645 e. The van der Waals surface area contributed by atoms with Crippen molar-refractivity contribution in [1.29, 1.82) is 0 Å². The molecule has 2 rings (SSSR count). The Morgan fingerprint density at radius 3 is 2.73 bits per heavy atom. The van der Waals surface area contributed by atoms with Crippen LogP contribution in [0.25, 0.3) is 0 Å². The molecule has 0 aliphatic carbocycles. The van der Waals surface area contributed by atoms with Crippen molar-refractivity contribution in [3.8, 4) is 0 Å². The van der Waals surface area contributed by atoms with Gasteiger partial charge in [0.1, 0.15) is 0 Å². The summed E-state index contributed by atoms with van der Waals surface area (Å²) >= 11 is 0. The first kappa shape index (κ1) is 10.7. The molecule has 1 aliphatic heterocycles. The largest absolute Gasteiger partial charge is 0.300 e. The van der Waals surface area contributed by atoms with Crippen LogP contribution < -0.4 is 0 Å². The molecule has 1 fully saturated rings. The van der Waals surface area contributed by atoms with Gasteiger partial charge in [-0.3, -0.25) is 0 Å². The van der Waals surface area contributed by atoms with Gasteiger partial charge in [-0.1, -0.05) is 37.3 Å². The van der Waals surface area contributed by atoms with E-state index < -0.39 is 0 Å². The topological polar surface area (TPSA) is 3.24 Å². The van der Waals surface area contributed by atoms with Gasteiger partial charge in [-0.05, 0) is 37.8 Å². The molecule has 0 saturated carbocycles. The van der Waals surface area contributed by atoms with Crippen LogP contribution in [-0.2, 0) is 0 Å². The molecule has 0 amide bonds. The van der Waals surface area contributed by atoms with E-state index in [1.54, 1.807) is 0 Å². The number of rotatable bonds is 3. The van der Waals surface area contributed by atoms with E-state index in [-0.39, 0.29) is 0 Å². The monoisotopic (exact) mass is 203 g/mol. The number of benzene rings is 1. The van der Waals surface area contributed by atoms with Gasteiger partial charge in [0.25, 0.3) is 0 Å². The number of likely N-dealkylation sites (tertiary alicyclic amines) is 1. The lowest BCUT2D eigenvalue weighted by atomic mass is 9.99. The van der Waals surface area contributed by atoms with Gasteiger partial charge in [0, 0.05) is 12.6 Å². The van der Waals surface area contributed by atoms with Crippen molar-refractivity contribution in [3.05, 3.63) is 35.9 Å². The Balaban J connectivity index is 1.99. The zero-order valence-electron chi connectivity index (χ0n) is 9.82. The molecule has 1 heteroatoms. The summed E-state index contributed by atoms with van der Waals surface area (Å²) in [6, 6.07) is 11.7. The Hall–Kier alpha value is -0.820. The Bertz CT molecular complexity index is 293. The zero-order chi connectivity index (χ0) is 10.7. The highest BCUT2D eigenvalue weighted by Gasteiger charge is 2.25. The fourth-order valence-corrected chi connectivity index (χ4v) is 2.44. The summed E-state index contributed by atoms with van der Waals surface area (Å²) in [6.45, 7) is 7.14. The van der Waals surface area contributed by atoms with E-state index in [0.717, 1.165) is 12.0 Å². The van der Waals surface area contributed by atoms with E-state index in [1.165, 1.54) is 31.5 Å². The Kier molecular flexibility index (Phi) is 3.42. The minimum absolute atomic E-state index is 0.749. The molecule has 2 atom stereocenters. The zero-order valence-corrected chi connectivity index (χ0v) is 9.82. The second kappa shape index (κ2) is 4.80. The summed E-state index contributed by atoms with van der Waals surface area (Å²) in [7, 11) is 0. The van der Waals surface area contributed by atoms with Crippen LogP contribution >= 0.6 is 0 Å². The molecule has 0 radical (unpaired) electrons. The molecular formula is C14H21N.